The Kier molecular flexibility index (Phi) is 18.6. The number of nitrogens with zero attached hydrogens (tertiary/aromatic N) is 7. The summed E-state index contributed by atoms with van der Waals surface area (Å²) in [5.74, 6) is -5.36. The summed E-state index contributed by atoms with van der Waals surface area (Å²) in [6, 6.07) is 42.0. The number of urea groups is 1. The lowest BCUT2D eigenvalue weighted by Crippen LogP contribution is -2.42. The lowest BCUT2D eigenvalue weighted by molar-refractivity contribution is -0.131. The largest absolute Gasteiger partial charge is 0.460 e. The highest BCUT2D eigenvalue weighted by atomic mass is 127. The molecule has 0 spiro atoms. The van der Waals surface area contributed by atoms with Gasteiger partial charge in [-0.25, -0.2) is 31.1 Å². The fourth-order valence-corrected chi connectivity index (χ4v) is 12.4. The summed E-state index contributed by atoms with van der Waals surface area (Å²) in [7, 11) is 1.74. The van der Waals surface area contributed by atoms with Crippen LogP contribution in [0.3, 0.4) is 0 Å². The summed E-state index contributed by atoms with van der Waals surface area (Å²) in [6.07, 6.45) is 6.48. The summed E-state index contributed by atoms with van der Waals surface area (Å²) >= 11 is 2.15. The highest BCUT2D eigenvalue weighted by Gasteiger charge is 2.37. The van der Waals surface area contributed by atoms with Crippen molar-refractivity contribution in [2.75, 3.05) is 38.2 Å². The van der Waals surface area contributed by atoms with Gasteiger partial charge >= 0.3 is 6.03 Å². The molecule has 8 heterocycles. The van der Waals surface area contributed by atoms with Gasteiger partial charge in [0.15, 0.2) is 0 Å². The third-order valence-corrected chi connectivity index (χ3v) is 17.5. The molecule has 0 aliphatic carbocycles. The van der Waals surface area contributed by atoms with Crippen LogP contribution in [-0.2, 0) is 43.9 Å². The number of aromatic nitrogens is 2. The van der Waals surface area contributed by atoms with Crippen LogP contribution in [0.15, 0.2) is 179 Å². The van der Waals surface area contributed by atoms with E-state index in [0.717, 1.165) is 77.5 Å². The molecule has 0 radical (unpaired) electrons. The van der Waals surface area contributed by atoms with E-state index in [-0.39, 0.29) is 93.8 Å². The van der Waals surface area contributed by atoms with Crippen molar-refractivity contribution in [3.63, 3.8) is 0 Å². The number of carbonyl (C=O) groups is 4. The minimum Gasteiger partial charge on any atom is -0.460 e. The first-order valence-corrected chi connectivity index (χ1v) is 32.7. The molecule has 0 atom stereocenters. The molecule has 20 heteroatoms. The van der Waals surface area contributed by atoms with E-state index in [2.05, 4.69) is 32.6 Å². The molecule has 0 N–H and O–H groups in total. The minimum atomic E-state index is -2.72. The maximum atomic E-state index is 13.8. The Balaban J connectivity index is 0.000000174. The van der Waals surface area contributed by atoms with Crippen LogP contribution in [0, 0.1) is 11.6 Å². The van der Waals surface area contributed by atoms with Crippen molar-refractivity contribution in [1.29, 1.82) is 0 Å². The molecule has 6 aromatic carbocycles. The van der Waals surface area contributed by atoms with Crippen molar-refractivity contribution in [1.82, 2.24) is 34.5 Å². The standard InChI is InChI=1S/C36H31F3N4O3.C36H30F3N3O3.CH3I/c1-41(35(45)43-20-26-10-13-40-19-29(26)21-43)22-31-17-28-16-27(18-32(33(28)46-31)24-6-8-30(37)9-7-24)23-2-4-25(5-3-23)34(44)42-14-11-36(38,39)12-15-42;37-30-7-5-24(6-8-30)32-19-27(23-1-3-25(4-2-23)35(44)41-15-12-36(38,39)13-16-41)17-28-18-31(45-34(28)32)9-10-33(43)42-21-26-11-14-40-20-29(26)22-42;1-2/h2-10,13,16-19H,11-12,14-15,20-22H2,1H3;1-8,11,14,17-20H,9-10,12-13,15-16,21-22H2;1H3. The van der Waals surface area contributed by atoms with E-state index >= 15 is 0 Å². The predicted octanol–water partition coefficient (Wildman–Crippen LogP) is 16.4. The Bertz CT molecular complexity index is 4340. The fourth-order valence-electron chi connectivity index (χ4n) is 12.4. The zero-order valence-electron chi connectivity index (χ0n) is 51.0. The van der Waals surface area contributed by atoms with Crippen LogP contribution < -0.4 is 0 Å². The molecular formula is C73H64F6IN7O6. The average molecular weight is 1380 g/mol. The van der Waals surface area contributed by atoms with Gasteiger partial charge in [0.2, 0.25) is 5.91 Å². The van der Waals surface area contributed by atoms with Gasteiger partial charge in [-0.05, 0) is 158 Å². The van der Waals surface area contributed by atoms with E-state index in [0.29, 0.717) is 72.8 Å². The van der Waals surface area contributed by atoms with Crippen molar-refractivity contribution < 1.29 is 54.4 Å². The van der Waals surface area contributed by atoms with Crippen LogP contribution in [0.25, 0.3) is 66.4 Å². The van der Waals surface area contributed by atoms with Gasteiger partial charge in [-0.15, -0.1) is 0 Å². The van der Waals surface area contributed by atoms with Crippen LogP contribution in [0.4, 0.5) is 31.1 Å². The zero-order valence-corrected chi connectivity index (χ0v) is 53.2. The third-order valence-electron chi connectivity index (χ3n) is 17.5. The number of hydrogen-bond donors (Lipinski definition) is 0. The van der Waals surface area contributed by atoms with E-state index < -0.39 is 11.8 Å². The number of pyridine rings is 2. The van der Waals surface area contributed by atoms with Gasteiger partial charge in [0.25, 0.3) is 23.7 Å². The molecule has 0 saturated carbocycles. The quantitative estimate of drug-likeness (QED) is 0.0709. The fraction of sp³-hybridized carbons (Fsp3) is 0.260. The average Bonchev–Trinajstić information content (AvgIpc) is 1.77. The molecule has 93 heavy (non-hydrogen) atoms. The normalized spacial score (nSPS) is 15.5. The maximum Gasteiger partial charge on any atom is 0.320 e. The van der Waals surface area contributed by atoms with E-state index in [1.54, 1.807) is 90.2 Å². The molecule has 13 nitrogen and oxygen atoms in total. The maximum absolute atomic E-state index is 13.8. The van der Waals surface area contributed by atoms with E-state index in [4.69, 9.17) is 8.83 Å². The highest BCUT2D eigenvalue weighted by Crippen LogP contribution is 2.40. The lowest BCUT2D eigenvalue weighted by Gasteiger charge is -2.31. The van der Waals surface area contributed by atoms with Gasteiger partial charge in [-0.2, -0.15) is 0 Å². The summed E-state index contributed by atoms with van der Waals surface area (Å²) in [5, 5.41) is 1.64. The van der Waals surface area contributed by atoms with E-state index in [1.165, 1.54) is 34.1 Å². The number of hydrogen-bond acceptors (Lipinski definition) is 8. The van der Waals surface area contributed by atoms with Gasteiger partial charge in [-0.3, -0.25) is 24.4 Å². The molecule has 2 fully saturated rings. The number of carbonyl (C=O) groups excluding carboxylic acids is 4. The second kappa shape index (κ2) is 27.1. The second-order valence-electron chi connectivity index (χ2n) is 23.8. The summed E-state index contributed by atoms with van der Waals surface area (Å²) in [5.41, 5.74) is 12.9. The number of amides is 5. The van der Waals surface area contributed by atoms with Gasteiger partial charge in [0.1, 0.15) is 34.3 Å². The summed E-state index contributed by atoms with van der Waals surface area (Å²) < 4.78 is 94.6. The number of piperidine rings is 2. The van der Waals surface area contributed by atoms with Gasteiger partial charge in [0, 0.05) is 156 Å². The van der Waals surface area contributed by atoms with Crippen LogP contribution in [0.5, 0.6) is 0 Å². The van der Waals surface area contributed by atoms with Gasteiger partial charge < -0.3 is 33.3 Å². The Hall–Kier alpha value is -9.31. The minimum absolute atomic E-state index is 0.0258. The molecule has 14 rings (SSSR count). The van der Waals surface area contributed by atoms with Crippen molar-refractivity contribution >= 4 is 68.3 Å². The Morgan fingerprint density at radius 3 is 1.33 bits per heavy atom. The monoisotopic (exact) mass is 1380 g/mol. The number of halogens is 7. The topological polar surface area (TPSA) is 137 Å². The summed E-state index contributed by atoms with van der Waals surface area (Å²) in [4.78, 5) is 70.7. The number of rotatable bonds is 11. The number of benzene rings is 6. The zero-order chi connectivity index (χ0) is 65.1. The third kappa shape index (κ3) is 14.4. The molecule has 0 bridgehead atoms. The molecule has 10 aromatic rings. The van der Waals surface area contributed by atoms with Crippen molar-refractivity contribution in [2.24, 2.45) is 0 Å². The van der Waals surface area contributed by atoms with Crippen LogP contribution in [0.2, 0.25) is 0 Å². The molecule has 4 aliphatic rings. The van der Waals surface area contributed by atoms with Crippen molar-refractivity contribution in [3.05, 3.63) is 227 Å². The molecule has 4 aromatic heterocycles. The van der Waals surface area contributed by atoms with Crippen LogP contribution in [0.1, 0.15) is 86.6 Å². The van der Waals surface area contributed by atoms with E-state index in [9.17, 15) is 45.5 Å². The summed E-state index contributed by atoms with van der Waals surface area (Å²) in [6.45, 7) is 2.52. The first-order chi connectivity index (χ1) is 44.9. The first-order valence-electron chi connectivity index (χ1n) is 30.5. The van der Waals surface area contributed by atoms with Crippen LogP contribution in [-0.4, -0.2) is 108 Å². The number of likely N-dealkylation sites (tertiary alicyclic amines) is 2. The van der Waals surface area contributed by atoms with Gasteiger partial charge in [-0.1, -0.05) is 71.1 Å². The molecule has 4 aliphatic heterocycles. The van der Waals surface area contributed by atoms with Gasteiger partial charge in [0.05, 0.1) is 6.54 Å². The molecule has 5 amide bonds. The Morgan fingerprint density at radius 2 is 0.882 bits per heavy atom. The molecule has 476 valence electrons. The molecule has 2 saturated heterocycles. The predicted molar refractivity (Wildman–Crippen MR) is 351 cm³/mol. The number of fused-ring (bicyclic) bond motifs is 4. The second-order valence-corrected chi connectivity index (χ2v) is 23.8. The first kappa shape index (κ1) is 63.8. The number of alkyl halides is 5. The smallest absolute Gasteiger partial charge is 0.320 e. The molecule has 0 unspecified atom stereocenters. The highest BCUT2D eigenvalue weighted by molar-refractivity contribution is 14.1. The SMILES string of the molecule is CI.CN(Cc1cc2cc(-c3ccc(C(=O)N4CCC(F)(F)CC4)cc3)cc(-c3ccc(F)cc3)c2o1)C(=O)N1Cc2ccncc2C1.O=C(CCc1cc2cc(-c3ccc(C(=O)N4CCC(F)(F)CC4)cc3)cc(-c3ccc(F)cc3)c2o1)N1Cc2ccncc2C1. The number of aryl methyl sites for hydroxylation is 1. The van der Waals surface area contributed by atoms with E-state index in [1.807, 2.05) is 82.6 Å². The lowest BCUT2D eigenvalue weighted by atomic mass is 9.96. The Labute approximate surface area is 546 Å². The van der Waals surface area contributed by atoms with Crippen LogP contribution >= 0.6 is 22.6 Å². The van der Waals surface area contributed by atoms with Crippen molar-refractivity contribution in [3.8, 4) is 44.5 Å². The van der Waals surface area contributed by atoms with Crippen molar-refractivity contribution in [2.45, 2.75) is 83.1 Å². The molecular weight excluding hydrogens is 1310 g/mol. The Morgan fingerprint density at radius 1 is 0.484 bits per heavy atom. The number of furan rings is 2.